The molecule has 0 fully saturated rings. The molecule has 2 rings (SSSR count). The Morgan fingerprint density at radius 3 is 2.68 bits per heavy atom. The number of pyridine rings is 2. The van der Waals surface area contributed by atoms with Gasteiger partial charge in [0.15, 0.2) is 5.82 Å². The fraction of sp³-hybridized carbons (Fsp3) is 0.214. The summed E-state index contributed by atoms with van der Waals surface area (Å²) in [6, 6.07) is 4.68. The number of anilines is 3. The number of carbonyl (C=O) groups excluding carboxylic acids is 1. The quantitative estimate of drug-likeness (QED) is 0.573. The first-order chi connectivity index (χ1) is 11.7. The number of nitrogens with zero attached hydrogens (tertiary/aromatic N) is 3. The van der Waals surface area contributed by atoms with Crippen LogP contribution in [-0.2, 0) is 14.9 Å². The Morgan fingerprint density at radius 1 is 1.32 bits per heavy atom. The van der Waals surface area contributed by atoms with Gasteiger partial charge in [-0.1, -0.05) is 11.6 Å². The predicted molar refractivity (Wildman–Crippen MR) is 94.5 cm³/mol. The number of hydroxylamine groups is 1. The number of aromatic nitrogens is 2. The topological polar surface area (TPSA) is 114 Å². The van der Waals surface area contributed by atoms with Gasteiger partial charge < -0.3 is 5.32 Å². The van der Waals surface area contributed by atoms with Gasteiger partial charge in [-0.05, 0) is 18.2 Å². The van der Waals surface area contributed by atoms with Crippen LogP contribution in [0, 0.1) is 0 Å². The SMILES string of the molecule is CONC(=O)c1cnc(Cl)cc1Nc1cccnc1N(C)S(C)(=O)=O. The number of hydrogen-bond acceptors (Lipinski definition) is 7. The molecule has 134 valence electrons. The van der Waals surface area contributed by atoms with E-state index in [0.717, 1.165) is 10.6 Å². The van der Waals surface area contributed by atoms with E-state index in [0.29, 0.717) is 11.4 Å². The van der Waals surface area contributed by atoms with Gasteiger partial charge in [-0.15, -0.1) is 0 Å². The highest BCUT2D eigenvalue weighted by atomic mass is 35.5. The molecule has 2 heterocycles. The number of halogens is 1. The minimum atomic E-state index is -3.52. The second kappa shape index (κ2) is 7.64. The number of rotatable bonds is 6. The lowest BCUT2D eigenvalue weighted by Crippen LogP contribution is -2.27. The average molecular weight is 386 g/mol. The molecule has 9 nitrogen and oxygen atoms in total. The molecule has 0 atom stereocenters. The zero-order valence-corrected chi connectivity index (χ0v) is 15.2. The van der Waals surface area contributed by atoms with Gasteiger partial charge in [0, 0.05) is 19.4 Å². The minimum Gasteiger partial charge on any atom is -0.352 e. The van der Waals surface area contributed by atoms with Crippen LogP contribution in [-0.4, -0.2) is 44.7 Å². The normalized spacial score (nSPS) is 11.0. The van der Waals surface area contributed by atoms with E-state index in [1.54, 1.807) is 12.1 Å². The summed E-state index contributed by atoms with van der Waals surface area (Å²) in [5, 5.41) is 3.12. The Labute approximate surface area is 150 Å². The van der Waals surface area contributed by atoms with Crippen LogP contribution in [0.5, 0.6) is 0 Å². The maximum Gasteiger partial charge on any atom is 0.278 e. The van der Waals surface area contributed by atoms with Gasteiger partial charge in [0.25, 0.3) is 5.91 Å². The summed E-state index contributed by atoms with van der Waals surface area (Å²) in [7, 11) is -0.845. The highest BCUT2D eigenvalue weighted by molar-refractivity contribution is 7.92. The first-order valence-electron chi connectivity index (χ1n) is 6.89. The van der Waals surface area contributed by atoms with Gasteiger partial charge >= 0.3 is 0 Å². The van der Waals surface area contributed by atoms with E-state index in [-0.39, 0.29) is 16.5 Å². The van der Waals surface area contributed by atoms with Crippen LogP contribution in [0.25, 0.3) is 0 Å². The summed E-state index contributed by atoms with van der Waals surface area (Å²) >= 11 is 5.90. The maximum atomic E-state index is 12.1. The predicted octanol–water partition coefficient (Wildman–Crippen LogP) is 1.56. The van der Waals surface area contributed by atoms with E-state index < -0.39 is 15.9 Å². The lowest BCUT2D eigenvalue weighted by Gasteiger charge is -2.20. The average Bonchev–Trinajstić information content (AvgIpc) is 2.54. The lowest BCUT2D eigenvalue weighted by atomic mass is 10.2. The maximum absolute atomic E-state index is 12.1. The summed E-state index contributed by atoms with van der Waals surface area (Å²) in [6.45, 7) is 0. The third kappa shape index (κ3) is 4.56. The van der Waals surface area contributed by atoms with Crippen LogP contribution in [0.2, 0.25) is 5.15 Å². The van der Waals surface area contributed by atoms with E-state index in [1.165, 1.54) is 32.6 Å². The lowest BCUT2D eigenvalue weighted by molar-refractivity contribution is 0.0538. The van der Waals surface area contributed by atoms with Gasteiger partial charge in [-0.2, -0.15) is 0 Å². The Bertz CT molecular complexity index is 891. The van der Waals surface area contributed by atoms with Crippen LogP contribution < -0.4 is 15.1 Å². The second-order valence-corrected chi connectivity index (χ2v) is 7.32. The van der Waals surface area contributed by atoms with E-state index in [4.69, 9.17) is 11.6 Å². The Kier molecular flexibility index (Phi) is 5.77. The fourth-order valence-electron chi connectivity index (χ4n) is 1.91. The van der Waals surface area contributed by atoms with Gasteiger partial charge in [-0.25, -0.2) is 23.9 Å². The zero-order chi connectivity index (χ0) is 18.6. The molecule has 0 unspecified atom stereocenters. The molecule has 11 heteroatoms. The molecule has 2 aromatic heterocycles. The number of amides is 1. The van der Waals surface area contributed by atoms with Crippen molar-refractivity contribution in [2.45, 2.75) is 0 Å². The van der Waals surface area contributed by atoms with Crippen LogP contribution in [0.4, 0.5) is 17.2 Å². The van der Waals surface area contributed by atoms with E-state index in [2.05, 4.69) is 25.6 Å². The molecular formula is C14H16ClN5O4S. The van der Waals surface area contributed by atoms with Crippen LogP contribution in [0.1, 0.15) is 10.4 Å². The van der Waals surface area contributed by atoms with Crippen molar-refractivity contribution in [1.82, 2.24) is 15.4 Å². The molecule has 0 aliphatic rings. The Morgan fingerprint density at radius 2 is 2.04 bits per heavy atom. The number of nitrogens with one attached hydrogen (secondary N) is 2. The number of sulfonamides is 1. The van der Waals surface area contributed by atoms with Crippen molar-refractivity contribution >= 4 is 44.7 Å². The van der Waals surface area contributed by atoms with Crippen molar-refractivity contribution in [1.29, 1.82) is 0 Å². The first kappa shape index (κ1) is 18.9. The van der Waals surface area contributed by atoms with E-state index in [9.17, 15) is 13.2 Å². The van der Waals surface area contributed by atoms with E-state index >= 15 is 0 Å². The summed E-state index contributed by atoms with van der Waals surface area (Å²) in [4.78, 5) is 24.6. The molecule has 0 bridgehead atoms. The zero-order valence-electron chi connectivity index (χ0n) is 13.6. The van der Waals surface area contributed by atoms with Crippen LogP contribution in [0.3, 0.4) is 0 Å². The summed E-state index contributed by atoms with van der Waals surface area (Å²) in [5.41, 5.74) is 3.02. The second-order valence-electron chi connectivity index (χ2n) is 4.92. The molecule has 0 aromatic carbocycles. The third-order valence-corrected chi connectivity index (χ3v) is 4.54. The fourth-order valence-corrected chi connectivity index (χ4v) is 2.53. The molecular weight excluding hydrogens is 370 g/mol. The molecule has 1 amide bonds. The Hall–Kier alpha value is -2.43. The van der Waals surface area contributed by atoms with E-state index in [1.807, 2.05) is 0 Å². The summed E-state index contributed by atoms with van der Waals surface area (Å²) < 4.78 is 24.6. The van der Waals surface area contributed by atoms with Crippen molar-refractivity contribution in [2.24, 2.45) is 0 Å². The molecule has 0 saturated heterocycles. The highest BCUT2D eigenvalue weighted by Gasteiger charge is 2.19. The molecule has 0 aliphatic heterocycles. The smallest absolute Gasteiger partial charge is 0.278 e. The summed E-state index contributed by atoms with van der Waals surface area (Å²) in [6.07, 6.45) is 3.79. The van der Waals surface area contributed by atoms with Gasteiger partial charge in [0.2, 0.25) is 10.0 Å². The molecule has 2 aromatic rings. The molecule has 0 aliphatic carbocycles. The first-order valence-corrected chi connectivity index (χ1v) is 9.11. The van der Waals surface area contributed by atoms with Gasteiger partial charge in [0.05, 0.1) is 30.3 Å². The van der Waals surface area contributed by atoms with Crippen molar-refractivity contribution in [3.05, 3.63) is 41.3 Å². The molecule has 25 heavy (non-hydrogen) atoms. The Balaban J connectivity index is 2.48. The van der Waals surface area contributed by atoms with Crippen LogP contribution in [0.15, 0.2) is 30.6 Å². The number of carbonyl (C=O) groups is 1. The molecule has 0 saturated carbocycles. The largest absolute Gasteiger partial charge is 0.352 e. The molecule has 2 N–H and O–H groups in total. The molecule has 0 spiro atoms. The third-order valence-electron chi connectivity index (χ3n) is 3.16. The van der Waals surface area contributed by atoms with Gasteiger partial charge in [-0.3, -0.25) is 13.9 Å². The standard InChI is InChI=1S/C14H16ClN5O4S/c1-20(25(3,22)23)13-10(5-4-6-16-13)18-11-7-12(15)17-8-9(11)14(21)19-24-2/h4-8H,1-3H3,(H,17,18)(H,19,21). The van der Waals surface area contributed by atoms with Crippen LogP contribution >= 0.6 is 11.6 Å². The number of hydrogen-bond donors (Lipinski definition) is 2. The molecule has 0 radical (unpaired) electrons. The van der Waals surface area contributed by atoms with Gasteiger partial charge in [0.1, 0.15) is 5.15 Å². The van der Waals surface area contributed by atoms with Crippen molar-refractivity contribution in [3.8, 4) is 0 Å². The van der Waals surface area contributed by atoms with Crippen molar-refractivity contribution < 1.29 is 18.0 Å². The van der Waals surface area contributed by atoms with Crippen molar-refractivity contribution in [3.63, 3.8) is 0 Å². The van der Waals surface area contributed by atoms with Crippen molar-refractivity contribution in [2.75, 3.05) is 30.0 Å². The highest BCUT2D eigenvalue weighted by Crippen LogP contribution is 2.29. The summed E-state index contributed by atoms with van der Waals surface area (Å²) in [5.74, 6) is -0.382. The monoisotopic (exact) mass is 385 g/mol. The minimum absolute atomic E-state index is 0.151.